The van der Waals surface area contributed by atoms with E-state index >= 15 is 0 Å². The Kier molecular flexibility index (Phi) is 4.19. The lowest BCUT2D eigenvalue weighted by Crippen LogP contribution is -2.17. The van der Waals surface area contributed by atoms with E-state index in [2.05, 4.69) is 0 Å². The van der Waals surface area contributed by atoms with Crippen molar-refractivity contribution in [2.45, 2.75) is 32.3 Å². The van der Waals surface area contributed by atoms with Crippen LogP contribution >= 0.6 is 0 Å². The number of hydrogen-bond acceptors (Lipinski definition) is 1. The number of allylic oxidation sites excluding steroid dienone is 1. The summed E-state index contributed by atoms with van der Waals surface area (Å²) in [6.45, 7) is 3.47. The van der Waals surface area contributed by atoms with E-state index in [1.807, 2.05) is 6.08 Å². The van der Waals surface area contributed by atoms with Crippen LogP contribution in [0.2, 0.25) is 0 Å². The first-order valence-corrected chi connectivity index (χ1v) is 5.22. The van der Waals surface area contributed by atoms with Crippen LogP contribution in [0.4, 0.5) is 8.78 Å². The average Bonchev–Trinajstić information content (AvgIpc) is 2.17. The summed E-state index contributed by atoms with van der Waals surface area (Å²) in [4.78, 5) is 0. The van der Waals surface area contributed by atoms with Crippen LogP contribution < -0.4 is 0 Å². The van der Waals surface area contributed by atoms with Crippen molar-refractivity contribution in [1.82, 2.24) is 0 Å². The second-order valence-electron chi connectivity index (χ2n) is 4.43. The quantitative estimate of drug-likeness (QED) is 0.832. The third-order valence-corrected chi connectivity index (χ3v) is 2.18. The van der Waals surface area contributed by atoms with Gasteiger partial charge in [0.15, 0.2) is 11.6 Å². The Hall–Kier alpha value is -1.22. The molecule has 0 radical (unpaired) electrons. The molecule has 1 N–H and O–H groups in total. The van der Waals surface area contributed by atoms with Gasteiger partial charge in [-0.2, -0.15) is 0 Å². The Morgan fingerprint density at radius 1 is 1.25 bits per heavy atom. The smallest absolute Gasteiger partial charge is 0.159 e. The third kappa shape index (κ3) is 4.53. The maximum atomic E-state index is 12.8. The zero-order valence-corrected chi connectivity index (χ0v) is 9.50. The van der Waals surface area contributed by atoms with Gasteiger partial charge in [-0.15, -0.1) is 0 Å². The minimum atomic E-state index is -0.843. The zero-order valence-electron chi connectivity index (χ0n) is 9.50. The van der Waals surface area contributed by atoms with Crippen molar-refractivity contribution >= 4 is 6.08 Å². The maximum Gasteiger partial charge on any atom is 0.159 e. The lowest BCUT2D eigenvalue weighted by Gasteiger charge is -2.14. The molecule has 0 aromatic heterocycles. The van der Waals surface area contributed by atoms with Crippen molar-refractivity contribution in [1.29, 1.82) is 0 Å². The second kappa shape index (κ2) is 5.21. The fourth-order valence-electron chi connectivity index (χ4n) is 1.27. The molecule has 0 heterocycles. The molecule has 0 aliphatic carbocycles. The topological polar surface area (TPSA) is 20.2 Å². The lowest BCUT2D eigenvalue weighted by atomic mass is 10.0. The summed E-state index contributed by atoms with van der Waals surface area (Å²) in [5.74, 6) is -1.68. The van der Waals surface area contributed by atoms with Crippen LogP contribution in [0.25, 0.3) is 6.08 Å². The van der Waals surface area contributed by atoms with E-state index in [1.54, 1.807) is 19.9 Å². The highest BCUT2D eigenvalue weighted by Crippen LogP contribution is 2.13. The van der Waals surface area contributed by atoms with Crippen molar-refractivity contribution in [3.63, 3.8) is 0 Å². The van der Waals surface area contributed by atoms with Crippen LogP contribution in [0.3, 0.4) is 0 Å². The van der Waals surface area contributed by atoms with Crippen LogP contribution in [0.15, 0.2) is 24.3 Å². The lowest BCUT2D eigenvalue weighted by molar-refractivity contribution is 0.0722. The Balaban J connectivity index is 2.53. The van der Waals surface area contributed by atoms with Gasteiger partial charge in [0, 0.05) is 0 Å². The van der Waals surface area contributed by atoms with Crippen molar-refractivity contribution in [2.75, 3.05) is 0 Å². The van der Waals surface area contributed by atoms with Crippen LogP contribution in [0.1, 0.15) is 32.3 Å². The van der Waals surface area contributed by atoms with Crippen molar-refractivity contribution in [3.05, 3.63) is 41.5 Å². The summed E-state index contributed by atoms with van der Waals surface area (Å²) in [6, 6.07) is 3.76. The second-order valence-corrected chi connectivity index (χ2v) is 4.43. The normalized spacial score (nSPS) is 12.3. The molecule has 1 rings (SSSR count). The van der Waals surface area contributed by atoms with Crippen molar-refractivity contribution in [3.8, 4) is 0 Å². The Labute approximate surface area is 94.4 Å². The van der Waals surface area contributed by atoms with E-state index in [0.29, 0.717) is 18.4 Å². The Bertz CT molecular complexity index is 378. The molecule has 1 aromatic carbocycles. The molecule has 0 saturated heterocycles. The molecule has 0 unspecified atom stereocenters. The first-order valence-electron chi connectivity index (χ1n) is 5.22. The summed E-state index contributed by atoms with van der Waals surface area (Å²) in [6.07, 6.45) is 4.88. The van der Waals surface area contributed by atoms with E-state index in [0.717, 1.165) is 12.1 Å². The molecular formula is C13H16F2O. The van der Waals surface area contributed by atoms with Gasteiger partial charge in [0.1, 0.15) is 0 Å². The van der Waals surface area contributed by atoms with Gasteiger partial charge in [0.05, 0.1) is 5.60 Å². The average molecular weight is 226 g/mol. The minimum Gasteiger partial charge on any atom is -0.390 e. The molecule has 1 aromatic rings. The van der Waals surface area contributed by atoms with Crippen LogP contribution in [-0.2, 0) is 0 Å². The SMILES string of the molecule is CC(C)(O)CC/C=C/c1ccc(F)c(F)c1. The van der Waals surface area contributed by atoms with Gasteiger partial charge in [-0.25, -0.2) is 8.78 Å². The number of rotatable bonds is 4. The van der Waals surface area contributed by atoms with Gasteiger partial charge in [-0.1, -0.05) is 18.2 Å². The summed E-state index contributed by atoms with van der Waals surface area (Å²) in [5, 5.41) is 9.45. The first kappa shape index (κ1) is 12.8. The van der Waals surface area contributed by atoms with E-state index in [-0.39, 0.29) is 0 Å². The molecule has 0 spiro atoms. The summed E-state index contributed by atoms with van der Waals surface area (Å²) >= 11 is 0. The van der Waals surface area contributed by atoms with Gasteiger partial charge in [-0.3, -0.25) is 0 Å². The van der Waals surface area contributed by atoms with Crippen LogP contribution in [-0.4, -0.2) is 10.7 Å². The number of benzene rings is 1. The van der Waals surface area contributed by atoms with Gasteiger partial charge in [0.2, 0.25) is 0 Å². The van der Waals surface area contributed by atoms with Crippen molar-refractivity contribution < 1.29 is 13.9 Å². The minimum absolute atomic E-state index is 0.620. The molecule has 1 nitrogen and oxygen atoms in total. The molecular weight excluding hydrogens is 210 g/mol. The molecule has 0 aliphatic rings. The number of halogens is 2. The maximum absolute atomic E-state index is 12.8. The Morgan fingerprint density at radius 2 is 1.94 bits per heavy atom. The largest absolute Gasteiger partial charge is 0.390 e. The van der Waals surface area contributed by atoms with E-state index in [1.165, 1.54) is 6.07 Å². The highest BCUT2D eigenvalue weighted by atomic mass is 19.2. The molecule has 16 heavy (non-hydrogen) atoms. The fraction of sp³-hybridized carbons (Fsp3) is 0.385. The molecule has 0 saturated carbocycles. The highest BCUT2D eigenvalue weighted by Gasteiger charge is 2.09. The molecule has 0 aliphatic heterocycles. The molecule has 88 valence electrons. The number of aliphatic hydroxyl groups is 1. The van der Waals surface area contributed by atoms with Gasteiger partial charge in [-0.05, 0) is 44.4 Å². The highest BCUT2D eigenvalue weighted by molar-refractivity contribution is 5.49. The predicted molar refractivity (Wildman–Crippen MR) is 60.9 cm³/mol. The molecule has 0 amide bonds. The summed E-state index contributed by atoms with van der Waals surface area (Å²) in [7, 11) is 0. The van der Waals surface area contributed by atoms with Gasteiger partial charge in [0.25, 0.3) is 0 Å². The van der Waals surface area contributed by atoms with E-state index in [9.17, 15) is 13.9 Å². The van der Waals surface area contributed by atoms with Gasteiger partial charge < -0.3 is 5.11 Å². The summed E-state index contributed by atoms with van der Waals surface area (Å²) in [5.41, 5.74) is -0.0760. The summed E-state index contributed by atoms with van der Waals surface area (Å²) < 4.78 is 25.4. The Morgan fingerprint density at radius 3 is 2.50 bits per heavy atom. The predicted octanol–water partition coefficient (Wildman–Crippen LogP) is 3.53. The number of hydrogen-bond donors (Lipinski definition) is 1. The molecule has 0 fully saturated rings. The van der Waals surface area contributed by atoms with Crippen LogP contribution in [0, 0.1) is 11.6 Å². The van der Waals surface area contributed by atoms with E-state index in [4.69, 9.17) is 0 Å². The standard InChI is InChI=1S/C13H16F2O/c1-13(2,16)8-4-3-5-10-6-7-11(14)12(15)9-10/h3,5-7,9,16H,4,8H2,1-2H3/b5-3+. The zero-order chi connectivity index (χ0) is 12.2. The molecule has 0 bridgehead atoms. The van der Waals surface area contributed by atoms with E-state index < -0.39 is 17.2 Å². The monoisotopic (exact) mass is 226 g/mol. The van der Waals surface area contributed by atoms with Gasteiger partial charge >= 0.3 is 0 Å². The van der Waals surface area contributed by atoms with Crippen LogP contribution in [0.5, 0.6) is 0 Å². The third-order valence-electron chi connectivity index (χ3n) is 2.18. The first-order chi connectivity index (χ1) is 7.38. The van der Waals surface area contributed by atoms with Crippen molar-refractivity contribution in [2.24, 2.45) is 0 Å². The molecule has 3 heteroatoms. The molecule has 0 atom stereocenters. The fourth-order valence-corrected chi connectivity index (χ4v) is 1.27.